The molecule has 1 heterocycles. The second-order valence-corrected chi connectivity index (χ2v) is 3.19. The van der Waals surface area contributed by atoms with Gasteiger partial charge in [0.05, 0.1) is 0 Å². The molecule has 2 N–H and O–H groups in total. The fourth-order valence-electron chi connectivity index (χ4n) is 1.66. The van der Waals surface area contributed by atoms with E-state index in [0.717, 1.165) is 11.3 Å². The van der Waals surface area contributed by atoms with E-state index in [0.29, 0.717) is 13.2 Å². The molecule has 1 aromatic carbocycles. The average Bonchev–Trinajstić information content (AvgIpc) is 2.58. The van der Waals surface area contributed by atoms with E-state index in [9.17, 15) is 0 Å². The van der Waals surface area contributed by atoms with E-state index in [4.69, 9.17) is 15.2 Å². The van der Waals surface area contributed by atoms with Gasteiger partial charge in [-0.1, -0.05) is 18.2 Å². The molecule has 1 aliphatic heterocycles. The highest BCUT2D eigenvalue weighted by Gasteiger charge is 2.39. The molecule has 0 saturated heterocycles. The van der Waals surface area contributed by atoms with Crippen LogP contribution in [0.3, 0.4) is 0 Å². The molecule has 0 fully saturated rings. The number of methoxy groups -OCH3 is 1. The summed E-state index contributed by atoms with van der Waals surface area (Å²) in [5, 5.41) is 0. The summed E-state index contributed by atoms with van der Waals surface area (Å²) in [6.07, 6.45) is 0. The van der Waals surface area contributed by atoms with Gasteiger partial charge in [0.1, 0.15) is 18.0 Å². The lowest BCUT2D eigenvalue weighted by atomic mass is 9.96. The number of hydrogen-bond acceptors (Lipinski definition) is 3. The topological polar surface area (TPSA) is 44.5 Å². The molecule has 0 aliphatic carbocycles. The first-order valence-electron chi connectivity index (χ1n) is 4.30. The Balaban J connectivity index is 2.47. The molecule has 1 unspecified atom stereocenters. The minimum atomic E-state index is -0.434. The fourth-order valence-corrected chi connectivity index (χ4v) is 1.66. The maximum absolute atomic E-state index is 5.69. The zero-order chi connectivity index (χ0) is 9.31. The van der Waals surface area contributed by atoms with Crippen LogP contribution in [0.2, 0.25) is 0 Å². The highest BCUT2D eigenvalue weighted by atomic mass is 16.5. The van der Waals surface area contributed by atoms with E-state index >= 15 is 0 Å². The van der Waals surface area contributed by atoms with Gasteiger partial charge < -0.3 is 15.2 Å². The molecule has 13 heavy (non-hydrogen) atoms. The Hall–Kier alpha value is -1.06. The van der Waals surface area contributed by atoms with Gasteiger partial charge in [-0.2, -0.15) is 0 Å². The van der Waals surface area contributed by atoms with E-state index < -0.39 is 5.60 Å². The average molecular weight is 179 g/mol. The summed E-state index contributed by atoms with van der Waals surface area (Å²) in [4.78, 5) is 0. The van der Waals surface area contributed by atoms with E-state index in [1.54, 1.807) is 7.11 Å². The zero-order valence-electron chi connectivity index (χ0n) is 7.62. The largest absolute Gasteiger partial charge is 0.490 e. The smallest absolute Gasteiger partial charge is 0.142 e. The molecule has 1 aromatic rings. The molecule has 0 spiro atoms. The van der Waals surface area contributed by atoms with Crippen LogP contribution in [0.4, 0.5) is 0 Å². The monoisotopic (exact) mass is 179 g/mol. The predicted octanol–water partition coefficient (Wildman–Crippen LogP) is 0.879. The summed E-state index contributed by atoms with van der Waals surface area (Å²) in [5.41, 5.74) is 6.31. The maximum Gasteiger partial charge on any atom is 0.142 e. The van der Waals surface area contributed by atoms with Crippen molar-refractivity contribution in [1.82, 2.24) is 0 Å². The molecule has 1 aliphatic rings. The summed E-state index contributed by atoms with van der Waals surface area (Å²) in [7, 11) is 1.66. The van der Waals surface area contributed by atoms with Crippen LogP contribution >= 0.6 is 0 Å². The molecule has 0 radical (unpaired) electrons. The Kier molecular flexibility index (Phi) is 1.98. The van der Waals surface area contributed by atoms with Gasteiger partial charge in [-0.3, -0.25) is 0 Å². The van der Waals surface area contributed by atoms with Gasteiger partial charge in [-0.25, -0.2) is 0 Å². The standard InChI is InChI=1S/C10H13NO2/c1-12-10(6-11)7-13-9-5-3-2-4-8(9)10/h2-5H,6-7,11H2,1H3. The highest BCUT2D eigenvalue weighted by Crippen LogP contribution is 2.38. The van der Waals surface area contributed by atoms with Gasteiger partial charge in [0.25, 0.3) is 0 Å². The second kappa shape index (κ2) is 3.01. The quantitative estimate of drug-likeness (QED) is 0.733. The minimum Gasteiger partial charge on any atom is -0.490 e. The third-order valence-electron chi connectivity index (χ3n) is 2.56. The van der Waals surface area contributed by atoms with Crippen LogP contribution in [0.1, 0.15) is 5.56 Å². The first-order chi connectivity index (χ1) is 6.32. The molecule has 0 aromatic heterocycles. The van der Waals surface area contributed by atoms with Gasteiger partial charge in [-0.15, -0.1) is 0 Å². The van der Waals surface area contributed by atoms with E-state index in [1.807, 2.05) is 24.3 Å². The van der Waals surface area contributed by atoms with E-state index in [2.05, 4.69) is 0 Å². The Morgan fingerprint density at radius 3 is 3.00 bits per heavy atom. The summed E-state index contributed by atoms with van der Waals surface area (Å²) in [6, 6.07) is 7.85. The maximum atomic E-state index is 5.69. The molecular formula is C10H13NO2. The summed E-state index contributed by atoms with van der Waals surface area (Å²) in [5.74, 6) is 0.884. The number of fused-ring (bicyclic) bond motifs is 1. The zero-order valence-corrected chi connectivity index (χ0v) is 7.62. The van der Waals surface area contributed by atoms with Crippen molar-refractivity contribution >= 4 is 0 Å². The molecule has 70 valence electrons. The Morgan fingerprint density at radius 1 is 1.54 bits per heavy atom. The third-order valence-corrected chi connectivity index (χ3v) is 2.56. The third kappa shape index (κ3) is 1.12. The molecular weight excluding hydrogens is 166 g/mol. The highest BCUT2D eigenvalue weighted by molar-refractivity contribution is 5.42. The molecule has 0 amide bonds. The predicted molar refractivity (Wildman–Crippen MR) is 49.7 cm³/mol. The summed E-state index contributed by atoms with van der Waals surface area (Å²) >= 11 is 0. The minimum absolute atomic E-state index is 0.434. The second-order valence-electron chi connectivity index (χ2n) is 3.19. The van der Waals surface area contributed by atoms with Crippen molar-refractivity contribution < 1.29 is 9.47 Å². The number of rotatable bonds is 2. The van der Waals surface area contributed by atoms with Gasteiger partial charge in [0.2, 0.25) is 0 Å². The lowest BCUT2D eigenvalue weighted by Gasteiger charge is -2.23. The SMILES string of the molecule is COC1(CN)COc2ccccc21. The molecule has 2 rings (SSSR count). The molecule has 0 saturated carbocycles. The van der Waals surface area contributed by atoms with Crippen molar-refractivity contribution in [3.8, 4) is 5.75 Å². The van der Waals surface area contributed by atoms with Crippen LogP contribution in [0.5, 0.6) is 5.75 Å². The number of benzene rings is 1. The molecule has 1 atom stereocenters. The Morgan fingerprint density at radius 2 is 2.31 bits per heavy atom. The van der Waals surface area contributed by atoms with Crippen molar-refractivity contribution in [3.63, 3.8) is 0 Å². The number of nitrogens with two attached hydrogens (primary N) is 1. The van der Waals surface area contributed by atoms with Crippen LogP contribution in [0, 0.1) is 0 Å². The van der Waals surface area contributed by atoms with Gasteiger partial charge in [0.15, 0.2) is 0 Å². The van der Waals surface area contributed by atoms with Gasteiger partial charge in [0, 0.05) is 19.2 Å². The van der Waals surface area contributed by atoms with Gasteiger partial charge in [-0.05, 0) is 6.07 Å². The first kappa shape index (κ1) is 8.53. The summed E-state index contributed by atoms with van der Waals surface area (Å²) < 4.78 is 10.9. The Bertz CT molecular complexity index is 308. The molecule has 3 nitrogen and oxygen atoms in total. The van der Waals surface area contributed by atoms with E-state index in [1.165, 1.54) is 0 Å². The van der Waals surface area contributed by atoms with Crippen molar-refractivity contribution in [2.45, 2.75) is 5.60 Å². The Labute approximate surface area is 77.5 Å². The van der Waals surface area contributed by atoms with Crippen molar-refractivity contribution in [2.24, 2.45) is 5.73 Å². The van der Waals surface area contributed by atoms with Crippen molar-refractivity contribution in [3.05, 3.63) is 29.8 Å². The van der Waals surface area contributed by atoms with Crippen LogP contribution in [0.25, 0.3) is 0 Å². The number of ether oxygens (including phenoxy) is 2. The number of hydrogen-bond donors (Lipinski definition) is 1. The normalized spacial score (nSPS) is 25.4. The van der Waals surface area contributed by atoms with Gasteiger partial charge >= 0.3 is 0 Å². The van der Waals surface area contributed by atoms with E-state index in [-0.39, 0.29) is 0 Å². The fraction of sp³-hybridized carbons (Fsp3) is 0.400. The number of para-hydroxylation sites is 1. The van der Waals surface area contributed by atoms with Crippen LogP contribution < -0.4 is 10.5 Å². The molecule has 0 bridgehead atoms. The van der Waals surface area contributed by atoms with Crippen LogP contribution in [0.15, 0.2) is 24.3 Å². The summed E-state index contributed by atoms with van der Waals surface area (Å²) in [6.45, 7) is 0.958. The van der Waals surface area contributed by atoms with Crippen molar-refractivity contribution in [2.75, 3.05) is 20.3 Å². The van der Waals surface area contributed by atoms with Crippen LogP contribution in [-0.4, -0.2) is 20.3 Å². The van der Waals surface area contributed by atoms with Crippen molar-refractivity contribution in [1.29, 1.82) is 0 Å². The lowest BCUT2D eigenvalue weighted by Crippen LogP contribution is -2.38. The lowest BCUT2D eigenvalue weighted by molar-refractivity contribution is -0.0208. The first-order valence-corrected chi connectivity index (χ1v) is 4.30. The molecule has 3 heteroatoms. The van der Waals surface area contributed by atoms with Crippen LogP contribution in [-0.2, 0) is 10.3 Å².